The number of ether oxygens (including phenoxy) is 1. The fourth-order valence-corrected chi connectivity index (χ4v) is 1.87. The minimum atomic E-state index is -0.250. The van der Waals surface area contributed by atoms with Gasteiger partial charge in [-0.1, -0.05) is 27.2 Å². The van der Waals surface area contributed by atoms with Gasteiger partial charge in [-0.3, -0.25) is 4.79 Å². The maximum Gasteiger partial charge on any atom is 0.409 e. The first-order valence-electron chi connectivity index (χ1n) is 6.76. The number of piperazine rings is 1. The van der Waals surface area contributed by atoms with E-state index in [1.54, 1.807) is 4.90 Å². The molecule has 0 saturated carbocycles. The predicted molar refractivity (Wildman–Crippen MR) is 69.2 cm³/mol. The van der Waals surface area contributed by atoms with Gasteiger partial charge in [-0.05, 0) is 6.42 Å². The average molecular weight is 256 g/mol. The second-order valence-corrected chi connectivity index (χ2v) is 4.93. The lowest BCUT2D eigenvalue weighted by molar-refractivity contribution is -0.136. The Morgan fingerprint density at radius 2 is 1.67 bits per heavy atom. The Hall–Kier alpha value is -1.26. The fraction of sp³-hybridized carbons (Fsp3) is 0.846. The molecular formula is C13H24N2O3. The third-order valence-electron chi connectivity index (χ3n) is 3.07. The maximum absolute atomic E-state index is 11.8. The van der Waals surface area contributed by atoms with E-state index in [0.717, 1.165) is 12.8 Å². The Kier molecular flexibility index (Phi) is 5.95. The van der Waals surface area contributed by atoms with Crippen molar-refractivity contribution in [1.29, 1.82) is 0 Å². The SMILES string of the molecule is CCCCOC(=O)N1CCN(C(=O)C(C)C)CC1. The molecule has 18 heavy (non-hydrogen) atoms. The van der Waals surface area contributed by atoms with Gasteiger partial charge in [-0.25, -0.2) is 4.79 Å². The summed E-state index contributed by atoms with van der Waals surface area (Å²) in [5.74, 6) is 0.182. The lowest BCUT2D eigenvalue weighted by atomic mass is 10.1. The quantitative estimate of drug-likeness (QED) is 0.720. The van der Waals surface area contributed by atoms with E-state index in [1.165, 1.54) is 0 Å². The zero-order valence-electron chi connectivity index (χ0n) is 11.6. The number of unbranched alkanes of at least 4 members (excludes halogenated alkanes) is 1. The Morgan fingerprint density at radius 3 is 2.17 bits per heavy atom. The van der Waals surface area contributed by atoms with Gasteiger partial charge in [0.1, 0.15) is 0 Å². The first-order valence-corrected chi connectivity index (χ1v) is 6.76. The van der Waals surface area contributed by atoms with Crippen LogP contribution < -0.4 is 0 Å². The van der Waals surface area contributed by atoms with Crippen LogP contribution in [0.1, 0.15) is 33.6 Å². The fourth-order valence-electron chi connectivity index (χ4n) is 1.87. The molecule has 2 amide bonds. The highest BCUT2D eigenvalue weighted by Crippen LogP contribution is 2.08. The van der Waals surface area contributed by atoms with Crippen LogP contribution in [0.25, 0.3) is 0 Å². The topological polar surface area (TPSA) is 49.9 Å². The van der Waals surface area contributed by atoms with Gasteiger partial charge in [0.2, 0.25) is 5.91 Å². The van der Waals surface area contributed by atoms with E-state index < -0.39 is 0 Å². The summed E-state index contributed by atoms with van der Waals surface area (Å²) in [6.07, 6.45) is 1.67. The first kappa shape index (κ1) is 14.8. The third-order valence-corrected chi connectivity index (χ3v) is 3.07. The lowest BCUT2D eigenvalue weighted by Gasteiger charge is -2.34. The molecule has 0 aliphatic carbocycles. The minimum absolute atomic E-state index is 0.0213. The van der Waals surface area contributed by atoms with Crippen molar-refractivity contribution < 1.29 is 14.3 Å². The van der Waals surface area contributed by atoms with Crippen molar-refractivity contribution >= 4 is 12.0 Å². The standard InChI is InChI=1S/C13H24N2O3/c1-4-5-10-18-13(17)15-8-6-14(7-9-15)12(16)11(2)3/h11H,4-10H2,1-3H3. The van der Waals surface area contributed by atoms with E-state index in [0.29, 0.717) is 32.8 Å². The number of amides is 2. The largest absolute Gasteiger partial charge is 0.449 e. The highest BCUT2D eigenvalue weighted by molar-refractivity contribution is 5.78. The van der Waals surface area contributed by atoms with Gasteiger partial charge < -0.3 is 14.5 Å². The number of nitrogens with zero attached hydrogens (tertiary/aromatic N) is 2. The lowest BCUT2D eigenvalue weighted by Crippen LogP contribution is -2.51. The number of hydrogen-bond acceptors (Lipinski definition) is 3. The molecule has 1 fully saturated rings. The Morgan fingerprint density at radius 1 is 1.11 bits per heavy atom. The van der Waals surface area contributed by atoms with E-state index in [-0.39, 0.29) is 17.9 Å². The van der Waals surface area contributed by atoms with Crippen LogP contribution in [0.5, 0.6) is 0 Å². The van der Waals surface area contributed by atoms with Crippen molar-refractivity contribution in [3.8, 4) is 0 Å². The van der Waals surface area contributed by atoms with E-state index in [9.17, 15) is 9.59 Å². The van der Waals surface area contributed by atoms with Gasteiger partial charge in [0.15, 0.2) is 0 Å². The molecule has 0 radical (unpaired) electrons. The van der Waals surface area contributed by atoms with E-state index >= 15 is 0 Å². The van der Waals surface area contributed by atoms with Gasteiger partial charge in [0.25, 0.3) is 0 Å². The molecule has 0 spiro atoms. The molecule has 1 aliphatic rings. The molecule has 1 aliphatic heterocycles. The Balaban J connectivity index is 2.30. The van der Waals surface area contributed by atoms with Crippen molar-refractivity contribution in [2.75, 3.05) is 32.8 Å². The molecule has 5 nitrogen and oxygen atoms in total. The van der Waals surface area contributed by atoms with Crippen LogP contribution in [0.4, 0.5) is 4.79 Å². The Bertz CT molecular complexity index is 284. The van der Waals surface area contributed by atoms with Crippen molar-refractivity contribution in [1.82, 2.24) is 9.80 Å². The predicted octanol–water partition coefficient (Wildman–Crippen LogP) is 1.72. The van der Waals surface area contributed by atoms with Crippen molar-refractivity contribution in [3.05, 3.63) is 0 Å². The molecule has 0 atom stereocenters. The van der Waals surface area contributed by atoms with Crippen LogP contribution in [0, 0.1) is 5.92 Å². The summed E-state index contributed by atoms with van der Waals surface area (Å²) in [6, 6.07) is 0. The Labute approximate surface area is 109 Å². The van der Waals surface area contributed by atoms with Crippen LogP contribution in [0.2, 0.25) is 0 Å². The molecule has 0 bridgehead atoms. The van der Waals surface area contributed by atoms with Gasteiger partial charge >= 0.3 is 6.09 Å². The zero-order valence-corrected chi connectivity index (χ0v) is 11.6. The highest BCUT2D eigenvalue weighted by atomic mass is 16.6. The average Bonchev–Trinajstić information content (AvgIpc) is 2.38. The molecule has 0 unspecified atom stereocenters. The molecule has 1 saturated heterocycles. The molecule has 0 aromatic carbocycles. The number of carbonyl (C=O) groups is 2. The molecule has 1 heterocycles. The van der Waals surface area contributed by atoms with Crippen LogP contribution in [0.15, 0.2) is 0 Å². The number of hydrogen-bond donors (Lipinski definition) is 0. The van der Waals surface area contributed by atoms with Gasteiger partial charge in [-0.2, -0.15) is 0 Å². The normalized spacial score (nSPS) is 16.0. The molecule has 5 heteroatoms. The monoisotopic (exact) mass is 256 g/mol. The molecular weight excluding hydrogens is 232 g/mol. The van der Waals surface area contributed by atoms with Crippen LogP contribution in [-0.2, 0) is 9.53 Å². The summed E-state index contributed by atoms with van der Waals surface area (Å²) >= 11 is 0. The zero-order chi connectivity index (χ0) is 13.5. The van der Waals surface area contributed by atoms with Gasteiger partial charge in [0, 0.05) is 32.1 Å². The van der Waals surface area contributed by atoms with Crippen molar-refractivity contribution in [2.45, 2.75) is 33.6 Å². The van der Waals surface area contributed by atoms with Crippen LogP contribution in [-0.4, -0.2) is 54.6 Å². The number of carbonyl (C=O) groups excluding carboxylic acids is 2. The first-order chi connectivity index (χ1) is 8.56. The van der Waals surface area contributed by atoms with E-state index in [2.05, 4.69) is 6.92 Å². The van der Waals surface area contributed by atoms with Gasteiger partial charge in [0.05, 0.1) is 6.61 Å². The minimum Gasteiger partial charge on any atom is -0.449 e. The summed E-state index contributed by atoms with van der Waals surface area (Å²) in [4.78, 5) is 27.0. The third kappa shape index (κ3) is 4.20. The van der Waals surface area contributed by atoms with Crippen molar-refractivity contribution in [2.24, 2.45) is 5.92 Å². The van der Waals surface area contributed by atoms with Gasteiger partial charge in [-0.15, -0.1) is 0 Å². The second-order valence-electron chi connectivity index (χ2n) is 4.93. The summed E-state index contributed by atoms with van der Waals surface area (Å²) in [5.41, 5.74) is 0. The number of rotatable bonds is 4. The smallest absolute Gasteiger partial charge is 0.409 e. The summed E-state index contributed by atoms with van der Waals surface area (Å²) in [5, 5.41) is 0. The van der Waals surface area contributed by atoms with E-state index in [4.69, 9.17) is 4.74 Å². The molecule has 1 rings (SSSR count). The second kappa shape index (κ2) is 7.24. The molecule has 0 aromatic rings. The van der Waals surface area contributed by atoms with Crippen LogP contribution in [0.3, 0.4) is 0 Å². The highest BCUT2D eigenvalue weighted by Gasteiger charge is 2.25. The summed E-state index contributed by atoms with van der Waals surface area (Å²) in [6.45, 7) is 8.71. The maximum atomic E-state index is 11.8. The summed E-state index contributed by atoms with van der Waals surface area (Å²) in [7, 11) is 0. The molecule has 0 aromatic heterocycles. The molecule has 0 N–H and O–H groups in total. The van der Waals surface area contributed by atoms with Crippen LogP contribution >= 0.6 is 0 Å². The van der Waals surface area contributed by atoms with Crippen molar-refractivity contribution in [3.63, 3.8) is 0 Å². The van der Waals surface area contributed by atoms with E-state index in [1.807, 2.05) is 18.7 Å². The molecule has 104 valence electrons. The summed E-state index contributed by atoms with van der Waals surface area (Å²) < 4.78 is 5.15.